The van der Waals surface area contributed by atoms with Crippen LogP contribution in [0, 0.1) is 11.3 Å². The van der Waals surface area contributed by atoms with Crippen molar-refractivity contribution in [3.63, 3.8) is 0 Å². The first-order chi connectivity index (χ1) is 9.24. The minimum Gasteiger partial charge on any atom is -0.462 e. The Hall–Kier alpha value is -2.06. The molecule has 0 atom stereocenters. The number of hydrogen-bond donors (Lipinski definition) is 0. The number of rotatable bonds is 5. The number of nitrogens with zero attached hydrogens (tertiary/aromatic N) is 3. The second-order valence-electron chi connectivity index (χ2n) is 3.90. The monoisotopic (exact) mass is 278 g/mol. The van der Waals surface area contributed by atoms with Crippen molar-refractivity contribution in [2.24, 2.45) is 0 Å². The summed E-state index contributed by atoms with van der Waals surface area (Å²) in [5.41, 5.74) is 1.20. The van der Waals surface area contributed by atoms with Gasteiger partial charge in [0.1, 0.15) is 6.54 Å². The summed E-state index contributed by atoms with van der Waals surface area (Å²) in [6.45, 7) is 0.461. The number of alkyl halides is 1. The summed E-state index contributed by atoms with van der Waals surface area (Å²) in [6, 6.07) is 7.65. The van der Waals surface area contributed by atoms with Crippen molar-refractivity contribution in [1.82, 2.24) is 4.40 Å². The van der Waals surface area contributed by atoms with E-state index in [9.17, 15) is 4.79 Å². The number of hydrogen-bond acceptors (Lipinski definition) is 3. The van der Waals surface area contributed by atoms with Crippen LogP contribution in [0.5, 0.6) is 5.88 Å². The Balaban J connectivity index is 2.72. The third-order valence-corrected chi connectivity index (χ3v) is 3.07. The van der Waals surface area contributed by atoms with Crippen molar-refractivity contribution >= 4 is 23.0 Å². The number of halogens is 1. The zero-order valence-corrected chi connectivity index (χ0v) is 11.2. The number of carbonyl (C=O) groups excluding carboxylic acids is 1. The molecule has 2 aromatic heterocycles. The molecule has 2 heterocycles. The fraction of sp³-hybridized carbons (Fsp3) is 0.308. The summed E-state index contributed by atoms with van der Waals surface area (Å²) in [4.78, 5) is 12.0. The number of ketones is 1. The van der Waals surface area contributed by atoms with Gasteiger partial charge < -0.3 is 4.74 Å². The first-order valence-corrected chi connectivity index (χ1v) is 6.31. The second kappa shape index (κ2) is 5.72. The van der Waals surface area contributed by atoms with Gasteiger partial charge in [-0.1, -0.05) is 6.07 Å². The summed E-state index contributed by atoms with van der Waals surface area (Å²) in [5, 5.41) is 8.73. The van der Waals surface area contributed by atoms with Crippen LogP contribution < -0.4 is 9.30 Å². The highest BCUT2D eigenvalue weighted by Gasteiger charge is 2.30. The van der Waals surface area contributed by atoms with Gasteiger partial charge in [0.2, 0.25) is 5.78 Å². The van der Waals surface area contributed by atoms with E-state index in [-0.39, 0.29) is 11.7 Å². The number of Topliss-reactive ketones (excluding diaryl/α,β-unsaturated/α-hetero) is 1. The number of imidazole rings is 1. The summed E-state index contributed by atoms with van der Waals surface area (Å²) < 4.78 is 8.88. The van der Waals surface area contributed by atoms with Crippen LogP contribution in [0.15, 0.2) is 24.4 Å². The fourth-order valence-corrected chi connectivity index (χ4v) is 2.21. The molecule has 0 amide bonds. The number of aryl methyl sites for hydroxylation is 1. The number of nitriles is 1. The molecule has 0 bridgehead atoms. The Bertz CT molecular complexity index is 658. The third kappa shape index (κ3) is 2.27. The van der Waals surface area contributed by atoms with Gasteiger partial charge in [-0.15, -0.1) is 11.6 Å². The fourth-order valence-electron chi connectivity index (χ4n) is 2.08. The zero-order valence-electron chi connectivity index (χ0n) is 10.5. The van der Waals surface area contributed by atoms with E-state index < -0.39 is 0 Å². The Labute approximate surface area is 115 Å². The third-order valence-electron chi connectivity index (χ3n) is 2.83. The van der Waals surface area contributed by atoms with Crippen LogP contribution in [0.2, 0.25) is 0 Å². The maximum Gasteiger partial charge on any atom is 0.337 e. The molecule has 0 N–H and O–H groups in total. The molecular weight excluding hydrogens is 266 g/mol. The van der Waals surface area contributed by atoms with Gasteiger partial charge in [-0.3, -0.25) is 4.79 Å². The summed E-state index contributed by atoms with van der Waals surface area (Å²) in [6.07, 6.45) is 2.12. The number of methoxy groups -OCH3 is 1. The molecule has 98 valence electrons. The lowest BCUT2D eigenvalue weighted by Gasteiger charge is -1.99. The van der Waals surface area contributed by atoms with Gasteiger partial charge in [-0.2, -0.15) is 14.2 Å². The SMILES string of the molecule is COc1c(C(=O)CCl)n2ccccc2[n+]1CCC#N. The molecule has 2 aromatic rings. The lowest BCUT2D eigenvalue weighted by molar-refractivity contribution is -0.674. The van der Waals surface area contributed by atoms with Crippen molar-refractivity contribution in [3.8, 4) is 11.9 Å². The molecule has 0 fully saturated rings. The normalized spacial score (nSPS) is 10.4. The highest BCUT2D eigenvalue weighted by atomic mass is 35.5. The van der Waals surface area contributed by atoms with Gasteiger partial charge in [0.15, 0.2) is 0 Å². The van der Waals surface area contributed by atoms with Gasteiger partial charge in [-0.05, 0) is 6.07 Å². The molecule has 5 nitrogen and oxygen atoms in total. The average Bonchev–Trinajstić information content (AvgIpc) is 2.77. The van der Waals surface area contributed by atoms with Crippen molar-refractivity contribution in [1.29, 1.82) is 5.26 Å². The largest absolute Gasteiger partial charge is 0.462 e. The molecule has 0 aliphatic carbocycles. The van der Waals surface area contributed by atoms with Crippen molar-refractivity contribution in [2.75, 3.05) is 13.0 Å². The molecule has 6 heteroatoms. The Morgan fingerprint density at radius 3 is 3.00 bits per heavy atom. The van der Waals surface area contributed by atoms with Gasteiger partial charge in [-0.25, -0.2) is 0 Å². The van der Waals surface area contributed by atoms with Gasteiger partial charge in [0, 0.05) is 6.07 Å². The van der Waals surface area contributed by atoms with E-state index >= 15 is 0 Å². The molecule has 0 radical (unpaired) electrons. The topological polar surface area (TPSA) is 58.4 Å². The predicted octanol–water partition coefficient (Wildman–Crippen LogP) is 1.57. The molecule has 0 spiro atoms. The van der Waals surface area contributed by atoms with E-state index in [1.807, 2.05) is 22.8 Å². The summed E-state index contributed by atoms with van der Waals surface area (Å²) in [7, 11) is 1.50. The second-order valence-corrected chi connectivity index (χ2v) is 4.17. The van der Waals surface area contributed by atoms with Crippen molar-refractivity contribution in [3.05, 3.63) is 30.1 Å². The van der Waals surface area contributed by atoms with Crippen LogP contribution >= 0.6 is 11.6 Å². The number of fused-ring (bicyclic) bond motifs is 1. The molecule has 0 saturated heterocycles. The number of pyridine rings is 1. The van der Waals surface area contributed by atoms with E-state index in [0.717, 1.165) is 5.65 Å². The van der Waals surface area contributed by atoms with Gasteiger partial charge in [0.25, 0.3) is 11.3 Å². The number of carbonyl (C=O) groups is 1. The maximum atomic E-state index is 12.0. The standard InChI is InChI=1S/C13H13ClN3O2/c1-19-13-12(10(18)9-14)16-7-3-2-5-11(16)17(13)8-4-6-15/h2-3,5,7H,4,8-9H2,1H3/q+1. The van der Waals surface area contributed by atoms with Crippen molar-refractivity contribution < 1.29 is 14.1 Å². The number of aromatic nitrogens is 2. The molecule has 19 heavy (non-hydrogen) atoms. The molecule has 0 aromatic carbocycles. The zero-order chi connectivity index (χ0) is 13.8. The average molecular weight is 279 g/mol. The molecule has 0 saturated carbocycles. The molecule has 2 rings (SSSR count). The highest BCUT2D eigenvalue weighted by Crippen LogP contribution is 2.19. The first-order valence-electron chi connectivity index (χ1n) is 5.77. The predicted molar refractivity (Wildman–Crippen MR) is 69.4 cm³/mol. The summed E-state index contributed by atoms with van der Waals surface area (Å²) >= 11 is 5.65. The number of ether oxygens (including phenoxy) is 1. The maximum absolute atomic E-state index is 12.0. The minimum absolute atomic E-state index is 0.115. The van der Waals surface area contributed by atoms with Crippen LogP contribution in [0.25, 0.3) is 5.65 Å². The Morgan fingerprint density at radius 2 is 2.37 bits per heavy atom. The van der Waals surface area contributed by atoms with Crippen LogP contribution in [-0.4, -0.2) is 23.2 Å². The minimum atomic E-state index is -0.213. The van der Waals surface area contributed by atoms with E-state index in [1.165, 1.54) is 7.11 Å². The molecule has 0 unspecified atom stereocenters. The molecule has 0 aliphatic rings. The van der Waals surface area contributed by atoms with E-state index in [2.05, 4.69) is 6.07 Å². The van der Waals surface area contributed by atoms with E-state index in [1.54, 1.807) is 10.6 Å². The smallest absolute Gasteiger partial charge is 0.337 e. The van der Waals surface area contributed by atoms with E-state index in [4.69, 9.17) is 21.6 Å². The molecular formula is C13H13ClN3O2+. The van der Waals surface area contributed by atoms with Crippen LogP contribution in [0.1, 0.15) is 16.9 Å². The van der Waals surface area contributed by atoms with Gasteiger partial charge in [0.05, 0.1) is 31.7 Å². The lowest BCUT2D eigenvalue weighted by Crippen LogP contribution is -2.34. The Morgan fingerprint density at radius 1 is 1.58 bits per heavy atom. The lowest BCUT2D eigenvalue weighted by atomic mass is 10.3. The van der Waals surface area contributed by atoms with E-state index in [0.29, 0.717) is 24.5 Å². The summed E-state index contributed by atoms with van der Waals surface area (Å²) in [5.74, 6) is 0.109. The van der Waals surface area contributed by atoms with Gasteiger partial charge >= 0.3 is 5.88 Å². The molecule has 0 aliphatic heterocycles. The Kier molecular flexibility index (Phi) is 4.03. The quantitative estimate of drug-likeness (QED) is 0.474. The van der Waals surface area contributed by atoms with Crippen LogP contribution in [0.4, 0.5) is 0 Å². The van der Waals surface area contributed by atoms with Crippen LogP contribution in [-0.2, 0) is 6.54 Å². The first kappa shape index (κ1) is 13.4. The van der Waals surface area contributed by atoms with Crippen molar-refractivity contribution in [2.45, 2.75) is 13.0 Å². The van der Waals surface area contributed by atoms with Crippen LogP contribution in [0.3, 0.4) is 0 Å². The highest BCUT2D eigenvalue weighted by molar-refractivity contribution is 6.30.